The molecular weight excluding hydrogens is 742 g/mol. The fourth-order valence-electron chi connectivity index (χ4n) is 7.77. The molecule has 0 aromatic heterocycles. The van der Waals surface area contributed by atoms with E-state index >= 15 is 0 Å². The quantitative estimate of drug-likeness (QED) is 0.194. The third-order valence-electron chi connectivity index (χ3n) is 9.81. The molecule has 2 N–H and O–H groups in total. The first-order valence-electron chi connectivity index (χ1n) is 15.9. The molecular formula is C42H42O2Rh2-2. The van der Waals surface area contributed by atoms with Crippen molar-refractivity contribution < 1.29 is 49.9 Å². The van der Waals surface area contributed by atoms with Gasteiger partial charge in [0.15, 0.2) is 0 Å². The van der Waals surface area contributed by atoms with Crippen LogP contribution < -0.4 is 0 Å². The van der Waals surface area contributed by atoms with E-state index in [1.807, 2.05) is 0 Å². The van der Waals surface area contributed by atoms with Crippen LogP contribution in [0.15, 0.2) is 146 Å². The molecule has 2 nitrogen and oxygen atoms in total. The van der Waals surface area contributed by atoms with E-state index in [0.717, 1.165) is 0 Å². The number of allylic oxidation sites excluding steroid dienone is 8. The summed E-state index contributed by atoms with van der Waals surface area (Å²) in [6.07, 6.45) is 17.3. The van der Waals surface area contributed by atoms with Gasteiger partial charge in [-0.05, 0) is 107 Å². The first kappa shape index (κ1) is 37.5. The van der Waals surface area contributed by atoms with Gasteiger partial charge in [-0.25, -0.2) is 0 Å². The van der Waals surface area contributed by atoms with Crippen LogP contribution in [0.1, 0.15) is 60.8 Å². The molecule has 4 atom stereocenters. The molecule has 46 heavy (non-hydrogen) atoms. The van der Waals surface area contributed by atoms with Crippen LogP contribution in [0, 0.1) is 23.7 Å². The van der Waals surface area contributed by atoms with Crippen molar-refractivity contribution >= 4 is 22.3 Å². The largest absolute Gasteiger partial charge is 0.870 e. The molecule has 4 heteroatoms. The van der Waals surface area contributed by atoms with Crippen molar-refractivity contribution in [1.82, 2.24) is 0 Å². The first-order chi connectivity index (χ1) is 20.8. The van der Waals surface area contributed by atoms with Crippen molar-refractivity contribution in [2.24, 2.45) is 23.7 Å². The summed E-state index contributed by atoms with van der Waals surface area (Å²) in [6.45, 7) is 0. The normalized spacial score (nSPS) is 22.1. The van der Waals surface area contributed by atoms with Gasteiger partial charge in [-0.1, -0.05) is 146 Å². The number of fused-ring (bicyclic) bond motifs is 4. The Kier molecular flexibility index (Phi) is 14.5. The Morgan fingerprint density at radius 2 is 0.500 bits per heavy atom. The Morgan fingerprint density at radius 1 is 0.304 bits per heavy atom. The molecule has 2 radical (unpaired) electrons. The van der Waals surface area contributed by atoms with E-state index in [0.29, 0.717) is 23.7 Å². The van der Waals surface area contributed by atoms with Crippen LogP contribution in [-0.4, -0.2) is 11.0 Å². The Hall–Kier alpha value is -2.99. The Morgan fingerprint density at radius 3 is 0.696 bits per heavy atom. The average molecular weight is 785 g/mol. The maximum atomic E-state index is 2.49. The standard InChI is InChI=1S/2C21H20.2H2O.2Rh/c2*1-3-7-16(8-4-1)20-13-11-19-15-18(20)12-14-21(19)17-9-5-2-6-10-17;;;;/h2*1-10,13-14,18-19H,11-12,15H2;2*1H2;;/p-2/t2*18-,19-;;;;/m00..../s1. The average Bonchev–Trinajstić information content (AvgIpc) is 3.07. The fraction of sp³-hybridized carbons (Fsp3) is 0.238. The van der Waals surface area contributed by atoms with Crippen LogP contribution in [0.2, 0.25) is 0 Å². The van der Waals surface area contributed by atoms with Gasteiger partial charge in [-0.3, -0.25) is 0 Å². The zero-order valence-electron chi connectivity index (χ0n) is 26.0. The van der Waals surface area contributed by atoms with Gasteiger partial charge in [-0.15, -0.1) is 0 Å². The molecule has 8 rings (SSSR count). The van der Waals surface area contributed by atoms with E-state index in [1.54, 1.807) is 22.3 Å². The summed E-state index contributed by atoms with van der Waals surface area (Å²) in [5, 5.41) is 0. The second-order valence-corrected chi connectivity index (χ2v) is 12.3. The summed E-state index contributed by atoms with van der Waals surface area (Å²) in [5.41, 5.74) is 11.9. The number of rotatable bonds is 4. The third kappa shape index (κ3) is 8.28. The van der Waals surface area contributed by atoms with Crippen molar-refractivity contribution in [2.75, 3.05) is 0 Å². The van der Waals surface area contributed by atoms with Crippen LogP contribution in [0.4, 0.5) is 0 Å². The Bertz CT molecular complexity index is 1380. The van der Waals surface area contributed by atoms with Gasteiger partial charge >= 0.3 is 0 Å². The Labute approximate surface area is 300 Å². The maximum Gasteiger partial charge on any atom is 0 e. The van der Waals surface area contributed by atoms with Crippen molar-refractivity contribution in [2.45, 2.75) is 38.5 Å². The number of benzene rings is 4. The van der Waals surface area contributed by atoms with E-state index in [4.69, 9.17) is 0 Å². The predicted octanol–water partition coefficient (Wildman–Crippen LogP) is 10.8. The molecule has 0 heterocycles. The van der Waals surface area contributed by atoms with Crippen molar-refractivity contribution in [3.63, 3.8) is 0 Å². The van der Waals surface area contributed by atoms with Crippen molar-refractivity contribution in [1.29, 1.82) is 0 Å². The van der Waals surface area contributed by atoms with Crippen LogP contribution >= 0.6 is 0 Å². The van der Waals surface area contributed by atoms with Crippen LogP contribution in [-0.2, 0) is 39.0 Å². The molecule has 4 aliphatic rings. The van der Waals surface area contributed by atoms with E-state index in [-0.39, 0.29) is 49.9 Å². The van der Waals surface area contributed by atoms with E-state index in [1.165, 1.54) is 60.8 Å². The maximum absolute atomic E-state index is 2.49. The molecule has 0 fully saturated rings. The molecule has 4 bridgehead atoms. The minimum absolute atomic E-state index is 0. The summed E-state index contributed by atoms with van der Waals surface area (Å²) in [7, 11) is 0. The third-order valence-corrected chi connectivity index (χ3v) is 9.81. The van der Waals surface area contributed by atoms with Crippen LogP contribution in [0.3, 0.4) is 0 Å². The molecule has 0 spiro atoms. The molecule has 4 aromatic rings. The zero-order chi connectivity index (χ0) is 28.1. The van der Waals surface area contributed by atoms with Gasteiger partial charge < -0.3 is 11.0 Å². The summed E-state index contributed by atoms with van der Waals surface area (Å²) < 4.78 is 0. The first-order valence-corrected chi connectivity index (χ1v) is 15.9. The van der Waals surface area contributed by atoms with Crippen LogP contribution in [0.5, 0.6) is 0 Å². The van der Waals surface area contributed by atoms with Gasteiger partial charge in [0.1, 0.15) is 0 Å². The van der Waals surface area contributed by atoms with Gasteiger partial charge in [0.25, 0.3) is 0 Å². The summed E-state index contributed by atoms with van der Waals surface area (Å²) in [6, 6.07) is 43.6. The smallest absolute Gasteiger partial charge is 0 e. The number of hydrogen-bond acceptors (Lipinski definition) is 2. The molecule has 4 aromatic carbocycles. The van der Waals surface area contributed by atoms with Gasteiger partial charge in [0.2, 0.25) is 0 Å². The van der Waals surface area contributed by atoms with E-state index in [9.17, 15) is 0 Å². The van der Waals surface area contributed by atoms with Gasteiger partial charge in [0.05, 0.1) is 0 Å². The molecule has 242 valence electrons. The van der Waals surface area contributed by atoms with E-state index < -0.39 is 0 Å². The molecule has 0 unspecified atom stereocenters. The summed E-state index contributed by atoms with van der Waals surface area (Å²) in [4.78, 5) is 0. The summed E-state index contributed by atoms with van der Waals surface area (Å²) >= 11 is 0. The molecule has 4 aliphatic carbocycles. The van der Waals surface area contributed by atoms with Crippen molar-refractivity contribution in [3.8, 4) is 0 Å². The fourth-order valence-corrected chi connectivity index (χ4v) is 7.77. The van der Waals surface area contributed by atoms with E-state index in [2.05, 4.69) is 146 Å². The molecule has 0 aliphatic heterocycles. The second kappa shape index (κ2) is 17.8. The monoisotopic (exact) mass is 784 g/mol. The number of hydrogen-bond donors (Lipinski definition) is 0. The topological polar surface area (TPSA) is 60.0 Å². The zero-order valence-corrected chi connectivity index (χ0v) is 29.2. The van der Waals surface area contributed by atoms with Crippen molar-refractivity contribution in [3.05, 3.63) is 168 Å². The van der Waals surface area contributed by atoms with Gasteiger partial charge in [0, 0.05) is 39.0 Å². The predicted molar refractivity (Wildman–Crippen MR) is 183 cm³/mol. The second-order valence-electron chi connectivity index (χ2n) is 12.3. The minimum Gasteiger partial charge on any atom is -0.870 e. The minimum atomic E-state index is 0. The Balaban J connectivity index is 0.000000230. The molecule has 0 saturated carbocycles. The summed E-state index contributed by atoms with van der Waals surface area (Å²) in [5.74, 6) is 2.83. The SMILES string of the molecule is C1=C(c2ccccc2)[C@H]2CC=C(c3ccccc3)[C@@H](C1)C2.C1=C(c2ccccc2)[C@H]2CC=C(c3ccccc3)[C@@H](C1)C2.[OH-].[OH-].[Rh].[Rh]. The molecule has 0 amide bonds. The van der Waals surface area contributed by atoms with Gasteiger partial charge in [-0.2, -0.15) is 0 Å². The molecule has 0 saturated heterocycles. The van der Waals surface area contributed by atoms with Crippen LogP contribution in [0.25, 0.3) is 22.3 Å².